The number of benzene rings is 1. The second kappa shape index (κ2) is 7.58. The number of hydrogen-bond acceptors (Lipinski definition) is 6. The van der Waals surface area contributed by atoms with Crippen LogP contribution >= 0.6 is 0 Å². The number of carbonyl (C=O) groups excluding carboxylic acids is 1. The summed E-state index contributed by atoms with van der Waals surface area (Å²) < 4.78 is 23.9. The molecule has 0 radical (unpaired) electrons. The molecule has 0 fully saturated rings. The Bertz CT molecular complexity index is 724. The zero-order valence-corrected chi connectivity index (χ0v) is 13.9. The number of hydrogen-bond donors (Lipinski definition) is 1. The Labute approximate surface area is 139 Å². The molecule has 1 aromatic carbocycles. The van der Waals surface area contributed by atoms with Crippen molar-refractivity contribution in [2.45, 2.75) is 13.0 Å². The maximum Gasteiger partial charge on any atom is 0.318 e. The molecule has 2 aromatic rings. The number of carbonyl (C=O) groups is 1. The lowest BCUT2D eigenvalue weighted by atomic mass is 10.3. The molecule has 2 rings (SSSR count). The first-order valence-corrected chi connectivity index (χ1v) is 7.22. The molecule has 0 spiro atoms. The largest absolute Gasteiger partial charge is 0.478 e. The van der Waals surface area contributed by atoms with Crippen LogP contribution < -0.4 is 19.7 Å². The van der Waals surface area contributed by atoms with Crippen molar-refractivity contribution in [3.8, 4) is 11.8 Å². The Hall–Kier alpha value is -2.90. The number of nitrogens with zero attached hydrogens (tertiary/aromatic N) is 3. The van der Waals surface area contributed by atoms with Crippen LogP contribution in [-0.2, 0) is 4.79 Å². The van der Waals surface area contributed by atoms with E-state index in [9.17, 15) is 9.18 Å². The number of halogens is 1. The first-order valence-electron chi connectivity index (χ1n) is 7.22. The minimum atomic E-state index is -0.904. The molecule has 0 saturated heterocycles. The number of aromatic nitrogens is 2. The van der Waals surface area contributed by atoms with Crippen LogP contribution in [0.1, 0.15) is 6.92 Å². The van der Waals surface area contributed by atoms with Gasteiger partial charge in [-0.25, -0.2) is 9.37 Å². The predicted molar refractivity (Wildman–Crippen MR) is 88.0 cm³/mol. The quantitative estimate of drug-likeness (QED) is 0.872. The minimum Gasteiger partial charge on any atom is -0.478 e. The van der Waals surface area contributed by atoms with E-state index >= 15 is 0 Å². The number of para-hydroxylation sites is 1. The fraction of sp³-hybridized carbons (Fsp3) is 0.312. The molecule has 128 valence electrons. The van der Waals surface area contributed by atoms with Crippen molar-refractivity contribution in [2.75, 3.05) is 31.4 Å². The van der Waals surface area contributed by atoms with Gasteiger partial charge in [0.05, 0.1) is 13.3 Å². The highest BCUT2D eigenvalue weighted by molar-refractivity contribution is 5.96. The number of nitrogens with one attached hydrogen (secondary N) is 1. The van der Waals surface area contributed by atoms with E-state index in [1.807, 2.05) is 0 Å². The van der Waals surface area contributed by atoms with Gasteiger partial charge in [-0.3, -0.25) is 4.79 Å². The van der Waals surface area contributed by atoms with E-state index in [-0.39, 0.29) is 11.8 Å². The van der Waals surface area contributed by atoms with Crippen molar-refractivity contribution in [1.82, 2.24) is 9.97 Å². The van der Waals surface area contributed by atoms with E-state index in [4.69, 9.17) is 9.47 Å². The molecule has 1 aromatic heterocycles. The molecule has 1 N–H and O–H groups in total. The van der Waals surface area contributed by atoms with E-state index in [1.165, 1.54) is 32.4 Å². The van der Waals surface area contributed by atoms with Crippen molar-refractivity contribution < 1.29 is 18.7 Å². The maximum atomic E-state index is 13.6. The van der Waals surface area contributed by atoms with Crippen LogP contribution in [0.4, 0.5) is 15.9 Å². The molecule has 0 aliphatic heterocycles. The fourth-order valence-electron chi connectivity index (χ4n) is 1.90. The second-order valence-electron chi connectivity index (χ2n) is 5.17. The lowest BCUT2D eigenvalue weighted by molar-refractivity contribution is -0.122. The molecule has 1 atom stereocenters. The Morgan fingerprint density at radius 2 is 2.04 bits per heavy atom. The molecule has 0 aliphatic carbocycles. The molecule has 8 heteroatoms. The number of rotatable bonds is 6. The van der Waals surface area contributed by atoms with Crippen molar-refractivity contribution in [3.05, 3.63) is 36.3 Å². The molecule has 7 nitrogen and oxygen atoms in total. The average Bonchev–Trinajstić information content (AvgIpc) is 2.57. The molecular weight excluding hydrogens is 315 g/mol. The van der Waals surface area contributed by atoms with E-state index in [0.717, 1.165) is 0 Å². The molecule has 1 amide bonds. The van der Waals surface area contributed by atoms with Gasteiger partial charge in [-0.15, -0.1) is 0 Å². The third kappa shape index (κ3) is 4.09. The zero-order valence-electron chi connectivity index (χ0n) is 13.9. The summed E-state index contributed by atoms with van der Waals surface area (Å²) in [5.41, 5.74) is 0.398. The highest BCUT2D eigenvalue weighted by Gasteiger charge is 2.19. The molecule has 24 heavy (non-hydrogen) atoms. The number of anilines is 2. The summed E-state index contributed by atoms with van der Waals surface area (Å²) in [5, 5.41) is 2.67. The topological polar surface area (TPSA) is 76.6 Å². The van der Waals surface area contributed by atoms with Crippen LogP contribution in [0, 0.1) is 5.82 Å². The standard InChI is InChI=1S/C16H19FN4O3/c1-10(24-13-8-6-5-7-11(13)17)15(22)19-12-9-18-16(23-4)20-14(12)21(2)3/h5-10H,1-4H3,(H,19,22). The van der Waals surface area contributed by atoms with Gasteiger partial charge in [0.15, 0.2) is 23.5 Å². The van der Waals surface area contributed by atoms with Crippen molar-refractivity contribution >= 4 is 17.4 Å². The summed E-state index contributed by atoms with van der Waals surface area (Å²) in [6, 6.07) is 6.09. The third-order valence-corrected chi connectivity index (χ3v) is 3.12. The van der Waals surface area contributed by atoms with Crippen molar-refractivity contribution in [2.24, 2.45) is 0 Å². The normalized spacial score (nSPS) is 11.5. The molecule has 0 saturated carbocycles. The number of amides is 1. The summed E-state index contributed by atoms with van der Waals surface area (Å²) in [6.45, 7) is 1.53. The zero-order chi connectivity index (χ0) is 17.7. The van der Waals surface area contributed by atoms with Crippen LogP contribution in [0.5, 0.6) is 11.8 Å². The highest BCUT2D eigenvalue weighted by atomic mass is 19.1. The van der Waals surface area contributed by atoms with Gasteiger partial charge in [0, 0.05) is 14.1 Å². The van der Waals surface area contributed by atoms with E-state index in [1.54, 1.807) is 31.1 Å². The second-order valence-corrected chi connectivity index (χ2v) is 5.17. The molecule has 1 unspecified atom stereocenters. The smallest absolute Gasteiger partial charge is 0.318 e. The summed E-state index contributed by atoms with van der Waals surface area (Å²) >= 11 is 0. The van der Waals surface area contributed by atoms with Crippen molar-refractivity contribution in [1.29, 1.82) is 0 Å². The predicted octanol–water partition coefficient (Wildman–Crippen LogP) is 2.10. The van der Waals surface area contributed by atoms with Crippen LogP contribution in [0.15, 0.2) is 30.5 Å². The lowest BCUT2D eigenvalue weighted by Crippen LogP contribution is -2.31. The van der Waals surface area contributed by atoms with Gasteiger partial charge >= 0.3 is 6.01 Å². The maximum absolute atomic E-state index is 13.6. The summed E-state index contributed by atoms with van der Waals surface area (Å²) in [7, 11) is 5.00. The molecule has 0 bridgehead atoms. The van der Waals surface area contributed by atoms with Gasteiger partial charge in [0.2, 0.25) is 0 Å². The number of methoxy groups -OCH3 is 1. The van der Waals surface area contributed by atoms with Crippen molar-refractivity contribution in [3.63, 3.8) is 0 Å². The minimum absolute atomic E-state index is 0.0129. The van der Waals surface area contributed by atoms with Gasteiger partial charge in [-0.2, -0.15) is 4.98 Å². The molecule has 0 aliphatic rings. The first-order chi connectivity index (χ1) is 11.4. The lowest BCUT2D eigenvalue weighted by Gasteiger charge is -2.19. The summed E-state index contributed by atoms with van der Waals surface area (Å²) in [5.74, 6) is -0.485. The van der Waals surface area contributed by atoms with Gasteiger partial charge in [0.1, 0.15) is 5.69 Å². The Morgan fingerprint density at radius 3 is 2.67 bits per heavy atom. The van der Waals surface area contributed by atoms with Gasteiger partial charge in [-0.05, 0) is 19.1 Å². The number of ether oxygens (including phenoxy) is 2. The van der Waals surface area contributed by atoms with Gasteiger partial charge < -0.3 is 19.7 Å². The SMILES string of the molecule is COc1ncc(NC(=O)C(C)Oc2ccccc2F)c(N(C)C)n1. The fourth-order valence-corrected chi connectivity index (χ4v) is 1.90. The van der Waals surface area contributed by atoms with E-state index in [2.05, 4.69) is 15.3 Å². The van der Waals surface area contributed by atoms with Crippen LogP contribution in [0.3, 0.4) is 0 Å². The van der Waals surface area contributed by atoms with Gasteiger partial charge in [-0.1, -0.05) is 12.1 Å². The van der Waals surface area contributed by atoms with E-state index < -0.39 is 17.8 Å². The van der Waals surface area contributed by atoms with Crippen LogP contribution in [0.2, 0.25) is 0 Å². The average molecular weight is 334 g/mol. The van der Waals surface area contributed by atoms with Gasteiger partial charge in [0.25, 0.3) is 5.91 Å². The monoisotopic (exact) mass is 334 g/mol. The highest BCUT2D eigenvalue weighted by Crippen LogP contribution is 2.23. The van der Waals surface area contributed by atoms with Crippen LogP contribution in [-0.4, -0.2) is 43.2 Å². The molecule has 1 heterocycles. The Kier molecular flexibility index (Phi) is 5.51. The third-order valence-electron chi connectivity index (χ3n) is 3.12. The summed E-state index contributed by atoms with van der Waals surface area (Å²) in [4.78, 5) is 22.2. The van der Waals surface area contributed by atoms with E-state index in [0.29, 0.717) is 11.5 Å². The first kappa shape index (κ1) is 17.5. The Morgan fingerprint density at radius 1 is 1.33 bits per heavy atom. The summed E-state index contributed by atoms with van der Waals surface area (Å²) in [6.07, 6.45) is 0.536. The van der Waals surface area contributed by atoms with Crippen LogP contribution in [0.25, 0.3) is 0 Å². The Balaban J connectivity index is 2.13. The molecular formula is C16H19FN4O3.